The molecule has 0 spiro atoms. The molecule has 0 amide bonds. The molecule has 2 heteroatoms. The molecule has 0 radical (unpaired) electrons. The van der Waals surface area contributed by atoms with Crippen molar-refractivity contribution >= 4 is 51.7 Å². The molecule has 0 aromatic heterocycles. The van der Waals surface area contributed by atoms with Gasteiger partial charge in [0, 0.05) is 0 Å². The normalized spacial score (nSPS) is 11.3. The Labute approximate surface area is 116 Å². The van der Waals surface area contributed by atoms with Gasteiger partial charge in [0.15, 0.2) is 0 Å². The van der Waals surface area contributed by atoms with E-state index in [1.54, 1.807) is 0 Å². The van der Waals surface area contributed by atoms with Crippen molar-refractivity contribution in [2.45, 2.75) is 0 Å². The summed E-state index contributed by atoms with van der Waals surface area (Å²) in [6, 6.07) is 19.3. The molecule has 0 saturated heterocycles. The van der Waals surface area contributed by atoms with Crippen LogP contribution in [0, 0.1) is 10.2 Å². The number of hydrogen-bond donors (Lipinski definition) is 0. The van der Waals surface area contributed by atoms with Gasteiger partial charge in [-0.15, -0.1) is 0 Å². The predicted octanol–water partition coefficient (Wildman–Crippen LogP) is 3.39. The van der Waals surface area contributed by atoms with Crippen LogP contribution < -0.4 is 4.46 Å². The summed E-state index contributed by atoms with van der Waals surface area (Å²) in [7, 11) is 0. The average molecular weight is 306 g/mol. The standard InChI is InChI=1S/C17H9NSe/c18-10-19-15-9-7-13-5-4-11-2-1-3-12-6-8-14(15)17(13)16(11)12/h1-9H. The van der Waals surface area contributed by atoms with Gasteiger partial charge in [-0.3, -0.25) is 0 Å². The van der Waals surface area contributed by atoms with Gasteiger partial charge in [0.25, 0.3) is 0 Å². The summed E-state index contributed by atoms with van der Waals surface area (Å²) in [6.45, 7) is 0. The van der Waals surface area contributed by atoms with Gasteiger partial charge in [0.2, 0.25) is 0 Å². The third-order valence-corrected chi connectivity index (χ3v) is 5.04. The number of rotatable bonds is 1. The van der Waals surface area contributed by atoms with Crippen LogP contribution in [0.2, 0.25) is 0 Å². The quantitative estimate of drug-likeness (QED) is 0.390. The molecule has 0 fully saturated rings. The van der Waals surface area contributed by atoms with Crippen LogP contribution in [0.1, 0.15) is 0 Å². The van der Waals surface area contributed by atoms with Crippen LogP contribution in [0.5, 0.6) is 0 Å². The van der Waals surface area contributed by atoms with E-state index in [0.717, 1.165) is 0 Å². The third kappa shape index (κ3) is 1.47. The Morgan fingerprint density at radius 1 is 0.737 bits per heavy atom. The summed E-state index contributed by atoms with van der Waals surface area (Å²) >= 11 is -0.109. The van der Waals surface area contributed by atoms with Crippen LogP contribution in [0.3, 0.4) is 0 Å². The summed E-state index contributed by atoms with van der Waals surface area (Å²) < 4.78 is 1.18. The number of nitrogens with zero attached hydrogens (tertiary/aromatic N) is 1. The van der Waals surface area contributed by atoms with E-state index in [2.05, 4.69) is 59.6 Å². The molecule has 0 aliphatic carbocycles. The molecule has 0 heterocycles. The van der Waals surface area contributed by atoms with Crippen LogP contribution >= 0.6 is 0 Å². The van der Waals surface area contributed by atoms with Crippen LogP contribution in [0.15, 0.2) is 54.6 Å². The third-order valence-electron chi connectivity index (χ3n) is 3.64. The molecular weight excluding hydrogens is 297 g/mol. The van der Waals surface area contributed by atoms with Crippen molar-refractivity contribution in [2.75, 3.05) is 0 Å². The van der Waals surface area contributed by atoms with Crippen molar-refractivity contribution in [1.82, 2.24) is 0 Å². The molecule has 0 saturated carbocycles. The Balaban J connectivity index is 2.32. The molecule has 0 aliphatic heterocycles. The van der Waals surface area contributed by atoms with Gasteiger partial charge < -0.3 is 0 Å². The first-order valence-corrected chi connectivity index (χ1v) is 7.82. The zero-order valence-corrected chi connectivity index (χ0v) is 11.8. The fourth-order valence-corrected chi connectivity index (χ4v) is 3.93. The molecule has 4 rings (SSSR count). The Kier molecular flexibility index (Phi) is 2.26. The summed E-state index contributed by atoms with van der Waals surface area (Å²) in [5.74, 6) is 0. The molecule has 0 atom stereocenters. The van der Waals surface area contributed by atoms with Gasteiger partial charge in [0.05, 0.1) is 0 Å². The second-order valence-corrected chi connectivity index (χ2v) is 6.35. The minimum absolute atomic E-state index is 0.109. The van der Waals surface area contributed by atoms with E-state index in [1.807, 2.05) is 0 Å². The second kappa shape index (κ2) is 3.96. The van der Waals surface area contributed by atoms with Crippen molar-refractivity contribution < 1.29 is 0 Å². The van der Waals surface area contributed by atoms with Gasteiger partial charge in [-0.2, -0.15) is 0 Å². The Bertz CT molecular complexity index is 934. The summed E-state index contributed by atoms with van der Waals surface area (Å²) in [5.41, 5.74) is 0. The van der Waals surface area contributed by atoms with E-state index < -0.39 is 0 Å². The minimum atomic E-state index is -0.109. The first kappa shape index (κ1) is 10.8. The number of hydrogen-bond acceptors (Lipinski definition) is 1. The fraction of sp³-hybridized carbons (Fsp3) is 0. The topological polar surface area (TPSA) is 23.8 Å². The van der Waals surface area contributed by atoms with E-state index in [1.165, 1.54) is 36.8 Å². The molecule has 4 aromatic carbocycles. The van der Waals surface area contributed by atoms with Gasteiger partial charge in [-0.05, 0) is 0 Å². The van der Waals surface area contributed by atoms with Crippen molar-refractivity contribution in [2.24, 2.45) is 0 Å². The van der Waals surface area contributed by atoms with Crippen LogP contribution in [0.25, 0.3) is 32.3 Å². The molecule has 19 heavy (non-hydrogen) atoms. The van der Waals surface area contributed by atoms with Crippen molar-refractivity contribution in [1.29, 1.82) is 5.26 Å². The molecule has 88 valence electrons. The molecule has 4 aromatic rings. The van der Waals surface area contributed by atoms with E-state index in [0.29, 0.717) is 0 Å². The Hall–Kier alpha value is -2.07. The first-order valence-electron chi connectivity index (χ1n) is 6.11. The molecular formula is C17H9NSe. The molecule has 1 nitrogen and oxygen atoms in total. The fourth-order valence-electron chi connectivity index (χ4n) is 2.85. The monoisotopic (exact) mass is 307 g/mol. The molecule has 0 unspecified atom stereocenters. The second-order valence-electron chi connectivity index (χ2n) is 4.61. The molecule has 0 bridgehead atoms. The van der Waals surface area contributed by atoms with Crippen LogP contribution in [-0.4, -0.2) is 15.0 Å². The van der Waals surface area contributed by atoms with Gasteiger partial charge >= 0.3 is 117 Å². The van der Waals surface area contributed by atoms with Crippen LogP contribution in [-0.2, 0) is 0 Å². The molecule has 0 aliphatic rings. The number of benzene rings is 4. The van der Waals surface area contributed by atoms with Gasteiger partial charge in [-0.25, -0.2) is 0 Å². The zero-order valence-electron chi connectivity index (χ0n) is 10.1. The maximum absolute atomic E-state index is 8.99. The predicted molar refractivity (Wildman–Crippen MR) is 81.1 cm³/mol. The van der Waals surface area contributed by atoms with Crippen molar-refractivity contribution in [3.63, 3.8) is 0 Å². The van der Waals surface area contributed by atoms with E-state index in [9.17, 15) is 0 Å². The SMILES string of the molecule is N#C[Se]c1ccc2ccc3cccc4ccc1c2c34. The maximum atomic E-state index is 8.99. The summed E-state index contributed by atoms with van der Waals surface area (Å²) in [4.78, 5) is 2.32. The first-order chi connectivity index (χ1) is 9.38. The number of nitriles is 1. The van der Waals surface area contributed by atoms with Crippen LogP contribution in [0.4, 0.5) is 0 Å². The van der Waals surface area contributed by atoms with Gasteiger partial charge in [-0.1, -0.05) is 0 Å². The van der Waals surface area contributed by atoms with Crippen molar-refractivity contribution in [3.05, 3.63) is 54.6 Å². The van der Waals surface area contributed by atoms with E-state index in [-0.39, 0.29) is 15.0 Å². The molecule has 0 N–H and O–H groups in total. The summed E-state index contributed by atoms with van der Waals surface area (Å²) in [5, 5.41) is 16.7. The van der Waals surface area contributed by atoms with Gasteiger partial charge in [0.1, 0.15) is 0 Å². The Morgan fingerprint density at radius 3 is 2.11 bits per heavy atom. The van der Waals surface area contributed by atoms with E-state index in [4.69, 9.17) is 5.26 Å². The average Bonchev–Trinajstić information content (AvgIpc) is 2.46. The zero-order chi connectivity index (χ0) is 12.8. The van der Waals surface area contributed by atoms with Crippen molar-refractivity contribution in [3.8, 4) is 4.97 Å². The Morgan fingerprint density at radius 2 is 1.37 bits per heavy atom. The summed E-state index contributed by atoms with van der Waals surface area (Å²) in [6.07, 6.45) is 0. The van der Waals surface area contributed by atoms with E-state index >= 15 is 0 Å².